The molecule has 0 aromatic carbocycles. The van der Waals surface area contributed by atoms with E-state index in [1.807, 2.05) is 0 Å². The van der Waals surface area contributed by atoms with Gasteiger partial charge in [0.1, 0.15) is 18.3 Å². The highest BCUT2D eigenvalue weighted by atomic mass is 16.6. The summed E-state index contributed by atoms with van der Waals surface area (Å²) in [6.45, 7) is 0.0298. The van der Waals surface area contributed by atoms with Crippen LogP contribution >= 0.6 is 0 Å². The van der Waals surface area contributed by atoms with Crippen molar-refractivity contribution in [2.24, 2.45) is 11.5 Å². The fourth-order valence-electron chi connectivity index (χ4n) is 1.16. The molecule has 1 rings (SSSR count). The lowest BCUT2D eigenvalue weighted by atomic mass is 9.98. The van der Waals surface area contributed by atoms with Crippen LogP contribution in [0.3, 0.4) is 0 Å². The van der Waals surface area contributed by atoms with Crippen LogP contribution in [-0.2, 0) is 4.74 Å². The summed E-state index contributed by atoms with van der Waals surface area (Å²) in [7, 11) is 0. The zero-order chi connectivity index (χ0) is 9.30. The van der Waals surface area contributed by atoms with Gasteiger partial charge in [0, 0.05) is 6.54 Å². The van der Waals surface area contributed by atoms with E-state index in [1.54, 1.807) is 0 Å². The Bertz CT molecular complexity index is 152. The Balaban J connectivity index is 2.63. The van der Waals surface area contributed by atoms with Crippen LogP contribution in [0, 0.1) is 0 Å². The molecule has 1 heterocycles. The molecule has 0 aromatic heterocycles. The molecule has 0 aromatic rings. The molecule has 0 spiro atoms. The van der Waals surface area contributed by atoms with E-state index in [1.165, 1.54) is 0 Å². The number of ether oxygens (including phenoxy) is 1. The predicted octanol–water partition coefficient (Wildman–Crippen LogP) is -3.29. The molecule has 0 unspecified atom stereocenters. The fraction of sp³-hybridized carbons (Fsp3) is 1.00. The van der Waals surface area contributed by atoms with Crippen LogP contribution in [0.2, 0.25) is 0 Å². The first-order valence-electron chi connectivity index (χ1n) is 3.73. The van der Waals surface area contributed by atoms with Gasteiger partial charge in [0.25, 0.3) is 0 Å². The molecule has 0 amide bonds. The van der Waals surface area contributed by atoms with E-state index in [-0.39, 0.29) is 6.54 Å². The summed E-state index contributed by atoms with van der Waals surface area (Å²) in [5.74, 6) is 0. The zero-order valence-electron chi connectivity index (χ0n) is 6.50. The third-order valence-corrected chi connectivity index (χ3v) is 2.00. The van der Waals surface area contributed by atoms with Crippen LogP contribution in [0.15, 0.2) is 0 Å². The van der Waals surface area contributed by atoms with Gasteiger partial charge in [0.2, 0.25) is 0 Å². The summed E-state index contributed by atoms with van der Waals surface area (Å²) >= 11 is 0. The van der Waals surface area contributed by atoms with Crippen molar-refractivity contribution in [3.05, 3.63) is 0 Å². The highest BCUT2D eigenvalue weighted by Crippen LogP contribution is 2.17. The summed E-state index contributed by atoms with van der Waals surface area (Å²) in [5.41, 5.74) is 10.5. The van der Waals surface area contributed by atoms with E-state index in [4.69, 9.17) is 21.3 Å². The average molecular weight is 178 g/mol. The zero-order valence-corrected chi connectivity index (χ0v) is 6.50. The van der Waals surface area contributed by atoms with Crippen molar-refractivity contribution >= 4 is 0 Å². The second-order valence-corrected chi connectivity index (χ2v) is 2.86. The molecule has 6 nitrogen and oxygen atoms in total. The van der Waals surface area contributed by atoms with Crippen molar-refractivity contribution in [2.75, 3.05) is 6.54 Å². The summed E-state index contributed by atoms with van der Waals surface area (Å²) in [4.78, 5) is 0. The summed E-state index contributed by atoms with van der Waals surface area (Å²) in [5, 5.41) is 27.6. The van der Waals surface area contributed by atoms with Gasteiger partial charge in [-0.2, -0.15) is 0 Å². The van der Waals surface area contributed by atoms with Gasteiger partial charge in [0.15, 0.2) is 6.29 Å². The first kappa shape index (κ1) is 9.85. The Morgan fingerprint density at radius 1 is 1.17 bits per heavy atom. The van der Waals surface area contributed by atoms with Crippen molar-refractivity contribution in [1.82, 2.24) is 0 Å². The van der Waals surface area contributed by atoms with Crippen LogP contribution in [-0.4, -0.2) is 52.5 Å². The van der Waals surface area contributed by atoms with Crippen molar-refractivity contribution in [3.8, 4) is 0 Å². The lowest BCUT2D eigenvalue weighted by Crippen LogP contribution is -2.62. The average Bonchev–Trinajstić information content (AvgIpc) is 2.08. The van der Waals surface area contributed by atoms with E-state index in [0.717, 1.165) is 0 Å². The number of hydrogen-bond acceptors (Lipinski definition) is 6. The smallest absolute Gasteiger partial charge is 0.172 e. The first-order valence-corrected chi connectivity index (χ1v) is 3.73. The van der Waals surface area contributed by atoms with Gasteiger partial charge >= 0.3 is 0 Å². The molecule has 1 saturated heterocycles. The van der Waals surface area contributed by atoms with E-state index < -0.39 is 30.6 Å². The summed E-state index contributed by atoms with van der Waals surface area (Å²) in [6, 6.07) is -0.984. The minimum Gasteiger partial charge on any atom is -0.388 e. The van der Waals surface area contributed by atoms with Gasteiger partial charge in [0.05, 0.1) is 6.04 Å². The van der Waals surface area contributed by atoms with Crippen molar-refractivity contribution in [2.45, 2.75) is 30.6 Å². The molecule has 6 heteroatoms. The molecular formula is C6H14N2O4. The number of aliphatic hydroxyl groups excluding tert-OH is 3. The van der Waals surface area contributed by atoms with E-state index >= 15 is 0 Å². The Labute approximate surface area is 69.7 Å². The van der Waals surface area contributed by atoms with Crippen LogP contribution in [0.4, 0.5) is 0 Å². The minimum absolute atomic E-state index is 0.0298. The number of nitrogens with two attached hydrogens (primary N) is 2. The van der Waals surface area contributed by atoms with Gasteiger partial charge in [-0.25, -0.2) is 0 Å². The highest BCUT2D eigenvalue weighted by molar-refractivity contribution is 4.91. The quantitative estimate of drug-likeness (QED) is 0.287. The summed E-state index contributed by atoms with van der Waals surface area (Å²) < 4.78 is 4.83. The Kier molecular flexibility index (Phi) is 2.99. The normalized spacial score (nSPS) is 49.2. The molecule has 1 aliphatic heterocycles. The molecule has 5 atom stereocenters. The monoisotopic (exact) mass is 178 g/mol. The van der Waals surface area contributed by atoms with Crippen LogP contribution in [0.5, 0.6) is 0 Å². The Morgan fingerprint density at radius 2 is 1.75 bits per heavy atom. The van der Waals surface area contributed by atoms with Gasteiger partial charge in [-0.05, 0) is 0 Å². The summed E-state index contributed by atoms with van der Waals surface area (Å²) in [6.07, 6.45) is -4.34. The molecular weight excluding hydrogens is 164 g/mol. The standard InChI is InChI=1S/C6H14N2O4/c7-1-2-4(9)5(10)3(8)6(11)12-2/h2-6,9-11H,1,7-8H2/t2-,3-,4-,5-,6+/m1/s1. The van der Waals surface area contributed by atoms with Crippen LogP contribution in [0.1, 0.15) is 0 Å². The van der Waals surface area contributed by atoms with E-state index in [0.29, 0.717) is 0 Å². The van der Waals surface area contributed by atoms with Crippen molar-refractivity contribution in [1.29, 1.82) is 0 Å². The van der Waals surface area contributed by atoms with E-state index in [9.17, 15) is 10.2 Å². The molecule has 1 fully saturated rings. The molecule has 0 aliphatic carbocycles. The van der Waals surface area contributed by atoms with Crippen molar-refractivity contribution in [3.63, 3.8) is 0 Å². The molecule has 0 radical (unpaired) electrons. The SMILES string of the molecule is NC[C@H]1O[C@H](O)[C@H](N)[C@@H](O)[C@@H]1O. The molecule has 1 aliphatic rings. The lowest BCUT2D eigenvalue weighted by molar-refractivity contribution is -0.238. The second kappa shape index (κ2) is 3.65. The van der Waals surface area contributed by atoms with Gasteiger partial charge in [-0.1, -0.05) is 0 Å². The number of aliphatic hydroxyl groups is 3. The van der Waals surface area contributed by atoms with Crippen molar-refractivity contribution < 1.29 is 20.1 Å². The maximum Gasteiger partial charge on any atom is 0.172 e. The fourth-order valence-corrected chi connectivity index (χ4v) is 1.16. The minimum atomic E-state index is -1.27. The number of rotatable bonds is 1. The largest absolute Gasteiger partial charge is 0.388 e. The Hall–Kier alpha value is -0.240. The second-order valence-electron chi connectivity index (χ2n) is 2.86. The maximum absolute atomic E-state index is 9.28. The third-order valence-electron chi connectivity index (χ3n) is 2.00. The van der Waals surface area contributed by atoms with Crippen LogP contribution < -0.4 is 11.5 Å². The molecule has 0 bridgehead atoms. The number of hydrogen-bond donors (Lipinski definition) is 5. The van der Waals surface area contributed by atoms with Crippen LogP contribution in [0.25, 0.3) is 0 Å². The molecule has 7 N–H and O–H groups in total. The molecule has 72 valence electrons. The molecule has 0 saturated carbocycles. The molecule has 12 heavy (non-hydrogen) atoms. The predicted molar refractivity (Wildman–Crippen MR) is 39.9 cm³/mol. The third kappa shape index (κ3) is 1.58. The first-order chi connectivity index (χ1) is 5.57. The van der Waals surface area contributed by atoms with Gasteiger partial charge < -0.3 is 31.5 Å². The van der Waals surface area contributed by atoms with Gasteiger partial charge in [-0.3, -0.25) is 0 Å². The highest BCUT2D eigenvalue weighted by Gasteiger charge is 2.41. The Morgan fingerprint density at radius 3 is 2.25 bits per heavy atom. The van der Waals surface area contributed by atoms with E-state index in [2.05, 4.69) is 0 Å². The maximum atomic E-state index is 9.28. The van der Waals surface area contributed by atoms with Gasteiger partial charge in [-0.15, -0.1) is 0 Å². The lowest BCUT2D eigenvalue weighted by Gasteiger charge is -2.38. The topological polar surface area (TPSA) is 122 Å².